The average Bonchev–Trinajstić information content (AvgIpc) is 3.71. The highest BCUT2D eigenvalue weighted by atomic mass is 16.6. The van der Waals surface area contributed by atoms with E-state index in [2.05, 4.69) is 114 Å². The van der Waals surface area contributed by atoms with Crippen molar-refractivity contribution >= 4 is 34.1 Å². The number of hydrogen-bond acceptors (Lipinski definition) is 14. The van der Waals surface area contributed by atoms with Gasteiger partial charge in [0.25, 0.3) is 11.4 Å². The van der Waals surface area contributed by atoms with Gasteiger partial charge in [-0.15, -0.1) is 0 Å². The van der Waals surface area contributed by atoms with Crippen molar-refractivity contribution in [2.75, 3.05) is 99.2 Å². The maximum atomic E-state index is 11.0. The fourth-order valence-electron chi connectivity index (χ4n) is 11.1. The molecule has 0 aliphatic carbocycles. The number of ether oxygens (including phenoxy) is 2. The van der Waals surface area contributed by atoms with Crippen molar-refractivity contribution in [3.8, 4) is 11.5 Å². The monoisotopic (exact) mass is 1000 g/mol. The van der Waals surface area contributed by atoms with E-state index in [1.165, 1.54) is 22.4 Å². The molecular formula is C58H69N9O7. The fraction of sp³-hybridized carbons (Fsp3) is 0.379. The maximum Gasteiger partial charge on any atom is 0.273 e. The number of nitrogens with two attached hydrogens (primary N) is 1. The molecule has 5 aliphatic rings. The topological polar surface area (TPSA) is 170 Å². The number of aliphatic hydroxyl groups is 1. The molecule has 0 amide bonds. The van der Waals surface area contributed by atoms with Crippen molar-refractivity contribution in [3.05, 3.63) is 188 Å². The number of nitrogens with zero attached hydrogens (tertiary/aromatic N) is 8. The van der Waals surface area contributed by atoms with Crippen LogP contribution in [0.15, 0.2) is 146 Å². The van der Waals surface area contributed by atoms with E-state index in [1.54, 1.807) is 24.3 Å². The first-order chi connectivity index (χ1) is 36.1. The lowest BCUT2D eigenvalue weighted by molar-refractivity contribution is -0.385. The molecule has 11 rings (SSSR count). The van der Waals surface area contributed by atoms with Crippen LogP contribution in [0.4, 0.5) is 34.1 Å². The number of aryl methyl sites for hydroxylation is 1. The van der Waals surface area contributed by atoms with Crippen LogP contribution in [0.3, 0.4) is 0 Å². The molecule has 5 heterocycles. The Morgan fingerprint density at radius 2 is 0.973 bits per heavy atom. The normalized spacial score (nSPS) is 19.7. The largest absolute Gasteiger partial charge is 0.491 e. The zero-order valence-corrected chi connectivity index (χ0v) is 42.4. The van der Waals surface area contributed by atoms with Gasteiger partial charge in [0, 0.05) is 152 Å². The third kappa shape index (κ3) is 13.1. The number of hydrogen-bond donors (Lipinski definition) is 2. The molecule has 0 bridgehead atoms. The van der Waals surface area contributed by atoms with Crippen molar-refractivity contribution in [1.82, 2.24) is 14.7 Å². The highest BCUT2D eigenvalue weighted by Gasteiger charge is 2.34. The molecule has 16 nitrogen and oxygen atoms in total. The van der Waals surface area contributed by atoms with E-state index in [-0.39, 0.29) is 33.9 Å². The number of non-ortho nitro benzene ring substituents is 2. The summed E-state index contributed by atoms with van der Waals surface area (Å²) in [6.07, 6.45) is 2.66. The van der Waals surface area contributed by atoms with Crippen molar-refractivity contribution in [1.29, 1.82) is 0 Å². The van der Waals surface area contributed by atoms with Crippen LogP contribution in [0, 0.1) is 27.2 Å². The number of aliphatic hydroxyl groups excluding tert-OH is 1. The summed E-state index contributed by atoms with van der Waals surface area (Å²) in [5, 5.41) is 31.5. The Hall–Kier alpha value is -7.24. The second-order valence-corrected chi connectivity index (χ2v) is 19.9. The molecule has 3 fully saturated rings. The lowest BCUT2D eigenvalue weighted by Gasteiger charge is -2.43. The number of fused-ring (bicyclic) bond motifs is 6. The predicted molar refractivity (Wildman–Crippen MR) is 292 cm³/mol. The third-order valence-electron chi connectivity index (χ3n) is 14.8. The zero-order valence-electron chi connectivity index (χ0n) is 42.4. The van der Waals surface area contributed by atoms with E-state index in [0.29, 0.717) is 30.9 Å². The molecule has 16 heteroatoms. The summed E-state index contributed by atoms with van der Waals surface area (Å²) in [5.74, 6) is 1.57. The predicted octanol–water partition coefficient (Wildman–Crippen LogP) is 8.79. The molecule has 0 saturated carbocycles. The molecule has 3 unspecified atom stereocenters. The first-order valence-electron chi connectivity index (χ1n) is 26.0. The van der Waals surface area contributed by atoms with Crippen molar-refractivity contribution in [2.45, 2.75) is 63.9 Å². The van der Waals surface area contributed by atoms with Gasteiger partial charge >= 0.3 is 0 Å². The Kier molecular flexibility index (Phi) is 17.2. The average molecular weight is 1000 g/mol. The summed E-state index contributed by atoms with van der Waals surface area (Å²) in [5.41, 5.74) is 15.0. The molecule has 5 aliphatic heterocycles. The second kappa shape index (κ2) is 24.7. The van der Waals surface area contributed by atoms with Crippen LogP contribution in [-0.4, -0.2) is 127 Å². The number of nitro groups is 2. The standard InChI is InChI=1S/C20H25N3O3.C19H21N3O3.C19H23N3O/c1-16-13-18(23(25)26)7-8-20(16)22-11-10-21(15-19(22)9-12-24)14-17-5-3-2-4-6-17;23-22(24)16-6-7-18-19(12-16)25-11-8-17-14-20(9-10-21(17)18)13-15-4-2-1-3-5-15;20-16-6-7-18-19(12-16)23-11-8-17-14-21(9-10-22(17)18)13-15-4-2-1-3-5-15/h2-8,13,19,24H,9-12,14-15H2,1H3;1-7,12,17H,8-11,13-14H2;1-7,12,17H,8-11,13-14,20H2. The Labute approximate surface area is 434 Å². The number of piperazine rings is 3. The quantitative estimate of drug-likeness (QED) is 0.0717. The van der Waals surface area contributed by atoms with E-state index in [4.69, 9.17) is 15.2 Å². The minimum absolute atomic E-state index is 0.0833. The lowest BCUT2D eigenvalue weighted by atomic mass is 10.0. The zero-order chi connectivity index (χ0) is 51.4. The van der Waals surface area contributed by atoms with E-state index in [1.807, 2.05) is 43.3 Å². The van der Waals surface area contributed by atoms with E-state index >= 15 is 0 Å². The number of benzene rings is 6. The van der Waals surface area contributed by atoms with Gasteiger partial charge < -0.3 is 35.0 Å². The van der Waals surface area contributed by atoms with Crippen LogP contribution < -0.4 is 29.9 Å². The molecular weight excluding hydrogens is 935 g/mol. The van der Waals surface area contributed by atoms with Crippen LogP contribution in [0.25, 0.3) is 0 Å². The van der Waals surface area contributed by atoms with Gasteiger partial charge in [-0.2, -0.15) is 0 Å². The van der Waals surface area contributed by atoms with Gasteiger partial charge in [-0.3, -0.25) is 34.9 Å². The summed E-state index contributed by atoms with van der Waals surface area (Å²) >= 11 is 0. The molecule has 74 heavy (non-hydrogen) atoms. The molecule has 6 aromatic carbocycles. The van der Waals surface area contributed by atoms with Gasteiger partial charge in [-0.05, 0) is 59.9 Å². The molecule has 3 N–H and O–H groups in total. The van der Waals surface area contributed by atoms with Crippen LogP contribution in [0.5, 0.6) is 11.5 Å². The number of anilines is 4. The third-order valence-corrected chi connectivity index (χ3v) is 14.8. The van der Waals surface area contributed by atoms with E-state index in [0.717, 1.165) is 126 Å². The summed E-state index contributed by atoms with van der Waals surface area (Å²) in [6.45, 7) is 15.0. The maximum absolute atomic E-state index is 11.0. The van der Waals surface area contributed by atoms with Crippen molar-refractivity contribution < 1.29 is 24.4 Å². The molecule has 0 aromatic heterocycles. The van der Waals surface area contributed by atoms with E-state index in [9.17, 15) is 25.3 Å². The molecule has 388 valence electrons. The molecule has 6 aromatic rings. The second-order valence-electron chi connectivity index (χ2n) is 19.9. The lowest BCUT2D eigenvalue weighted by Crippen LogP contribution is -2.53. The SMILES string of the molecule is Cc1cc([N+](=O)[O-])ccc1N1CCN(Cc2ccccc2)CC1CCO.Nc1ccc2c(c1)OCCC1CN(Cc3ccccc3)CCN21.O=[N+]([O-])c1ccc2c(c1)OCCC1CN(Cc3ccccc3)CCN21. The Bertz CT molecular complexity index is 2790. The van der Waals surface area contributed by atoms with Crippen molar-refractivity contribution in [2.24, 2.45) is 0 Å². The fourth-order valence-corrected chi connectivity index (χ4v) is 11.1. The van der Waals surface area contributed by atoms with E-state index < -0.39 is 0 Å². The highest BCUT2D eigenvalue weighted by molar-refractivity contribution is 5.66. The van der Waals surface area contributed by atoms with Crippen LogP contribution in [-0.2, 0) is 19.6 Å². The number of nitrogen functional groups attached to an aromatic ring is 1. The Balaban J connectivity index is 0.000000136. The van der Waals surface area contributed by atoms with Gasteiger partial charge in [-0.25, -0.2) is 0 Å². The Morgan fingerprint density at radius 1 is 0.541 bits per heavy atom. The highest BCUT2D eigenvalue weighted by Crippen LogP contribution is 2.39. The summed E-state index contributed by atoms with van der Waals surface area (Å²) in [4.78, 5) is 35.8. The van der Waals surface area contributed by atoms with Crippen LogP contribution in [0.1, 0.15) is 41.5 Å². The number of nitro benzene ring substituents is 2. The first-order valence-corrected chi connectivity index (χ1v) is 26.0. The van der Waals surface area contributed by atoms with Gasteiger partial charge in [0.05, 0.1) is 40.5 Å². The number of rotatable bonds is 11. The first kappa shape index (κ1) is 51.7. The van der Waals surface area contributed by atoms with Gasteiger partial charge in [0.1, 0.15) is 11.5 Å². The molecule has 3 saturated heterocycles. The van der Waals surface area contributed by atoms with Gasteiger partial charge in [0.15, 0.2) is 0 Å². The van der Waals surface area contributed by atoms with Crippen LogP contribution >= 0.6 is 0 Å². The summed E-state index contributed by atoms with van der Waals surface area (Å²) < 4.78 is 11.8. The van der Waals surface area contributed by atoms with Gasteiger partial charge in [-0.1, -0.05) is 91.0 Å². The minimum Gasteiger partial charge on any atom is -0.491 e. The summed E-state index contributed by atoms with van der Waals surface area (Å²) in [6, 6.07) is 48.7. The van der Waals surface area contributed by atoms with Crippen LogP contribution in [0.2, 0.25) is 0 Å². The summed E-state index contributed by atoms with van der Waals surface area (Å²) in [7, 11) is 0. The molecule has 0 radical (unpaired) electrons. The Morgan fingerprint density at radius 3 is 1.45 bits per heavy atom. The minimum atomic E-state index is -0.371. The smallest absolute Gasteiger partial charge is 0.273 e. The van der Waals surface area contributed by atoms with Crippen molar-refractivity contribution in [3.63, 3.8) is 0 Å². The molecule has 3 atom stereocenters. The molecule has 0 spiro atoms. The van der Waals surface area contributed by atoms with Gasteiger partial charge in [0.2, 0.25) is 0 Å².